The Morgan fingerprint density at radius 2 is 2.17 bits per heavy atom. The highest BCUT2D eigenvalue weighted by molar-refractivity contribution is 5.41. The Morgan fingerprint density at radius 3 is 2.72 bits per heavy atom. The van der Waals surface area contributed by atoms with Crippen LogP contribution in [0.2, 0.25) is 0 Å². The predicted octanol–water partition coefficient (Wildman–Crippen LogP) is 2.77. The smallest absolute Gasteiger partial charge is 0.128 e. The minimum Gasteiger partial charge on any atom is -0.496 e. The van der Waals surface area contributed by atoms with Gasteiger partial charge in [0.2, 0.25) is 0 Å². The SMILES string of the molecule is COc1c(C)cnc(CC(N)CC2CCC2)c1C. The fourth-order valence-electron chi connectivity index (χ4n) is 2.77. The van der Waals surface area contributed by atoms with Gasteiger partial charge in [0.1, 0.15) is 5.75 Å². The summed E-state index contributed by atoms with van der Waals surface area (Å²) in [7, 11) is 1.72. The van der Waals surface area contributed by atoms with Crippen molar-refractivity contribution in [3.8, 4) is 5.75 Å². The van der Waals surface area contributed by atoms with Crippen LogP contribution in [0, 0.1) is 19.8 Å². The van der Waals surface area contributed by atoms with Crippen molar-refractivity contribution in [1.82, 2.24) is 4.98 Å². The summed E-state index contributed by atoms with van der Waals surface area (Å²) in [5.74, 6) is 1.81. The van der Waals surface area contributed by atoms with Crippen LogP contribution < -0.4 is 10.5 Å². The number of aryl methyl sites for hydroxylation is 1. The van der Waals surface area contributed by atoms with E-state index < -0.39 is 0 Å². The Morgan fingerprint density at radius 1 is 1.44 bits per heavy atom. The van der Waals surface area contributed by atoms with Crippen molar-refractivity contribution in [1.29, 1.82) is 0 Å². The highest BCUT2D eigenvalue weighted by Gasteiger charge is 2.21. The van der Waals surface area contributed by atoms with Crippen molar-refractivity contribution in [2.75, 3.05) is 7.11 Å². The molecule has 0 amide bonds. The van der Waals surface area contributed by atoms with Crippen molar-refractivity contribution < 1.29 is 4.74 Å². The Kier molecular flexibility index (Phi) is 4.23. The molecule has 18 heavy (non-hydrogen) atoms. The zero-order chi connectivity index (χ0) is 13.1. The molecule has 0 radical (unpaired) electrons. The Hall–Kier alpha value is -1.09. The zero-order valence-corrected chi connectivity index (χ0v) is 11.7. The molecule has 1 aromatic rings. The van der Waals surface area contributed by atoms with Crippen LogP contribution in [0.3, 0.4) is 0 Å². The monoisotopic (exact) mass is 248 g/mol. The molecule has 0 aromatic carbocycles. The van der Waals surface area contributed by atoms with Crippen LogP contribution in [0.5, 0.6) is 5.75 Å². The summed E-state index contributed by atoms with van der Waals surface area (Å²) in [5.41, 5.74) is 9.55. The minimum absolute atomic E-state index is 0.230. The third-order valence-electron chi connectivity index (χ3n) is 4.07. The number of rotatable bonds is 5. The normalized spacial score (nSPS) is 17.3. The van der Waals surface area contributed by atoms with E-state index in [9.17, 15) is 0 Å². The standard InChI is InChI=1S/C15H24N2O/c1-10-9-17-14(11(2)15(10)18-3)8-13(16)7-12-5-4-6-12/h9,12-13H,4-8,16H2,1-3H3. The number of nitrogens with two attached hydrogens (primary N) is 1. The summed E-state index contributed by atoms with van der Waals surface area (Å²) in [6.07, 6.45) is 7.98. The molecule has 0 bridgehead atoms. The third kappa shape index (κ3) is 2.83. The van der Waals surface area contributed by atoms with E-state index in [0.717, 1.165) is 41.3 Å². The summed E-state index contributed by atoms with van der Waals surface area (Å²) in [6.45, 7) is 4.10. The molecule has 1 saturated carbocycles. The van der Waals surface area contributed by atoms with Gasteiger partial charge in [-0.05, 0) is 26.2 Å². The van der Waals surface area contributed by atoms with Crippen LogP contribution in [0.15, 0.2) is 6.20 Å². The Balaban J connectivity index is 2.03. The van der Waals surface area contributed by atoms with Crippen LogP contribution in [0.1, 0.15) is 42.5 Å². The van der Waals surface area contributed by atoms with Gasteiger partial charge in [0, 0.05) is 35.5 Å². The van der Waals surface area contributed by atoms with Crippen LogP contribution in [-0.2, 0) is 6.42 Å². The highest BCUT2D eigenvalue weighted by Crippen LogP contribution is 2.31. The number of nitrogens with zero attached hydrogens (tertiary/aromatic N) is 1. The van der Waals surface area contributed by atoms with Gasteiger partial charge in [-0.3, -0.25) is 4.98 Å². The van der Waals surface area contributed by atoms with Crippen molar-refractivity contribution in [2.45, 2.75) is 52.0 Å². The molecule has 1 atom stereocenters. The molecule has 1 aliphatic rings. The van der Waals surface area contributed by atoms with Gasteiger partial charge in [-0.15, -0.1) is 0 Å². The molecule has 1 fully saturated rings. The van der Waals surface area contributed by atoms with Gasteiger partial charge < -0.3 is 10.5 Å². The van der Waals surface area contributed by atoms with Crippen LogP contribution >= 0.6 is 0 Å². The topological polar surface area (TPSA) is 48.1 Å². The van der Waals surface area contributed by atoms with Crippen molar-refractivity contribution in [2.24, 2.45) is 11.7 Å². The van der Waals surface area contributed by atoms with E-state index in [1.54, 1.807) is 7.11 Å². The fraction of sp³-hybridized carbons (Fsp3) is 0.667. The third-order valence-corrected chi connectivity index (χ3v) is 4.07. The largest absolute Gasteiger partial charge is 0.496 e. The highest BCUT2D eigenvalue weighted by atomic mass is 16.5. The van der Waals surface area contributed by atoms with Crippen molar-refractivity contribution in [3.63, 3.8) is 0 Å². The zero-order valence-electron chi connectivity index (χ0n) is 11.7. The minimum atomic E-state index is 0.230. The van der Waals surface area contributed by atoms with Crippen LogP contribution in [0.4, 0.5) is 0 Å². The molecule has 100 valence electrons. The molecule has 3 heteroatoms. The lowest BCUT2D eigenvalue weighted by molar-refractivity contribution is 0.275. The Bertz CT molecular complexity index is 413. The number of methoxy groups -OCH3 is 1. The summed E-state index contributed by atoms with van der Waals surface area (Å²) in [5, 5.41) is 0. The van der Waals surface area contributed by atoms with E-state index in [4.69, 9.17) is 10.5 Å². The molecule has 2 N–H and O–H groups in total. The predicted molar refractivity (Wildman–Crippen MR) is 73.9 cm³/mol. The van der Waals surface area contributed by atoms with Crippen molar-refractivity contribution in [3.05, 3.63) is 23.0 Å². The number of ether oxygens (including phenoxy) is 1. The van der Waals surface area contributed by atoms with Gasteiger partial charge in [-0.25, -0.2) is 0 Å². The maximum Gasteiger partial charge on any atom is 0.128 e. The second-order valence-corrected chi connectivity index (χ2v) is 5.54. The Labute approximate surface area is 110 Å². The van der Waals surface area contributed by atoms with E-state index in [2.05, 4.69) is 11.9 Å². The van der Waals surface area contributed by atoms with Gasteiger partial charge in [0.15, 0.2) is 0 Å². The summed E-state index contributed by atoms with van der Waals surface area (Å²) >= 11 is 0. The van der Waals surface area contributed by atoms with Gasteiger partial charge in [0.05, 0.1) is 7.11 Å². The summed E-state index contributed by atoms with van der Waals surface area (Å²) < 4.78 is 5.43. The molecule has 2 rings (SSSR count). The van der Waals surface area contributed by atoms with E-state index >= 15 is 0 Å². The number of pyridine rings is 1. The molecule has 1 heterocycles. The molecule has 0 saturated heterocycles. The molecule has 3 nitrogen and oxygen atoms in total. The van der Waals surface area contributed by atoms with E-state index in [1.165, 1.54) is 19.3 Å². The second kappa shape index (κ2) is 5.70. The van der Waals surface area contributed by atoms with Gasteiger partial charge in [0.25, 0.3) is 0 Å². The number of aromatic nitrogens is 1. The number of hydrogen-bond donors (Lipinski definition) is 1. The van der Waals surface area contributed by atoms with E-state index in [0.29, 0.717) is 0 Å². The maximum atomic E-state index is 6.23. The lowest BCUT2D eigenvalue weighted by Crippen LogP contribution is -2.29. The van der Waals surface area contributed by atoms with Gasteiger partial charge in [-0.2, -0.15) is 0 Å². The molecular formula is C15H24N2O. The average molecular weight is 248 g/mol. The molecular weight excluding hydrogens is 224 g/mol. The first kappa shape index (κ1) is 13.3. The molecule has 1 aromatic heterocycles. The first-order chi connectivity index (χ1) is 8.61. The first-order valence-electron chi connectivity index (χ1n) is 6.86. The second-order valence-electron chi connectivity index (χ2n) is 5.54. The van der Waals surface area contributed by atoms with E-state index in [-0.39, 0.29) is 6.04 Å². The van der Waals surface area contributed by atoms with Crippen molar-refractivity contribution >= 4 is 0 Å². The van der Waals surface area contributed by atoms with E-state index in [1.807, 2.05) is 13.1 Å². The molecule has 1 aliphatic carbocycles. The first-order valence-corrected chi connectivity index (χ1v) is 6.86. The molecule has 0 aliphatic heterocycles. The van der Waals surface area contributed by atoms with Gasteiger partial charge >= 0.3 is 0 Å². The molecule has 0 spiro atoms. The fourth-order valence-corrected chi connectivity index (χ4v) is 2.77. The van der Waals surface area contributed by atoms with Crippen LogP contribution in [-0.4, -0.2) is 18.1 Å². The average Bonchev–Trinajstić information content (AvgIpc) is 2.28. The lowest BCUT2D eigenvalue weighted by Gasteiger charge is -2.28. The molecule has 1 unspecified atom stereocenters. The maximum absolute atomic E-state index is 6.23. The van der Waals surface area contributed by atoms with Gasteiger partial charge in [-0.1, -0.05) is 19.3 Å². The van der Waals surface area contributed by atoms with Crippen LogP contribution in [0.25, 0.3) is 0 Å². The number of hydrogen-bond acceptors (Lipinski definition) is 3. The quantitative estimate of drug-likeness (QED) is 0.871. The summed E-state index contributed by atoms with van der Waals surface area (Å²) in [6, 6.07) is 0.230. The summed E-state index contributed by atoms with van der Waals surface area (Å²) in [4.78, 5) is 4.52. The lowest BCUT2D eigenvalue weighted by atomic mass is 9.80.